The second-order valence-electron chi connectivity index (χ2n) is 6.55. The van der Waals surface area contributed by atoms with Crippen molar-refractivity contribution in [1.29, 1.82) is 0 Å². The Hall–Kier alpha value is -1.92. The zero-order valence-electron chi connectivity index (χ0n) is 14.0. The topological polar surface area (TPSA) is 40.6 Å². The Bertz CT molecular complexity index is 912. The van der Waals surface area contributed by atoms with Crippen molar-refractivity contribution in [1.82, 2.24) is 0 Å². The molecular formula is C19H20N2O2S2. The highest BCUT2D eigenvalue weighted by Gasteiger charge is 2.52. The number of benzene rings is 2. The van der Waals surface area contributed by atoms with Gasteiger partial charge in [0.2, 0.25) is 0 Å². The molecule has 0 saturated carbocycles. The van der Waals surface area contributed by atoms with Crippen molar-refractivity contribution < 1.29 is 8.42 Å². The van der Waals surface area contributed by atoms with Crippen molar-refractivity contribution in [2.24, 2.45) is 0 Å². The second-order valence-corrected chi connectivity index (χ2v) is 9.07. The van der Waals surface area contributed by atoms with Crippen molar-refractivity contribution in [3.05, 3.63) is 60.2 Å². The summed E-state index contributed by atoms with van der Waals surface area (Å²) in [6.45, 7) is 2.11. The molecule has 0 N–H and O–H groups in total. The molecule has 2 aliphatic rings. The molecule has 25 heavy (non-hydrogen) atoms. The van der Waals surface area contributed by atoms with E-state index < -0.39 is 9.84 Å². The van der Waals surface area contributed by atoms with E-state index >= 15 is 0 Å². The zero-order chi connectivity index (χ0) is 17.6. The van der Waals surface area contributed by atoms with Crippen LogP contribution in [0.2, 0.25) is 0 Å². The van der Waals surface area contributed by atoms with E-state index in [1.54, 1.807) is 0 Å². The van der Waals surface area contributed by atoms with Gasteiger partial charge in [0.1, 0.15) is 0 Å². The molecule has 0 aromatic heterocycles. The maximum absolute atomic E-state index is 12.4. The van der Waals surface area contributed by atoms with E-state index in [2.05, 4.69) is 17.9 Å². The predicted molar refractivity (Wildman–Crippen MR) is 106 cm³/mol. The van der Waals surface area contributed by atoms with Crippen LogP contribution in [0.15, 0.2) is 54.6 Å². The van der Waals surface area contributed by atoms with Crippen LogP contribution in [-0.2, 0) is 16.3 Å². The number of anilines is 2. The van der Waals surface area contributed by atoms with Crippen LogP contribution in [0.3, 0.4) is 0 Å². The van der Waals surface area contributed by atoms with Gasteiger partial charge in [0, 0.05) is 11.4 Å². The van der Waals surface area contributed by atoms with Crippen LogP contribution in [0.5, 0.6) is 0 Å². The Kier molecular flexibility index (Phi) is 4.04. The van der Waals surface area contributed by atoms with E-state index in [1.165, 1.54) is 5.56 Å². The molecule has 4 nitrogen and oxygen atoms in total. The van der Waals surface area contributed by atoms with Gasteiger partial charge in [-0.15, -0.1) is 0 Å². The SMILES string of the molecule is CCc1ccccc1N1C(=S)N(c2ccccc2)[C@H]2CS(=O)(=O)C[C@H]21. The van der Waals surface area contributed by atoms with Crippen LogP contribution in [0, 0.1) is 0 Å². The molecule has 4 rings (SSSR count). The molecule has 2 fully saturated rings. The van der Waals surface area contributed by atoms with Crippen LogP contribution in [0.25, 0.3) is 0 Å². The lowest BCUT2D eigenvalue weighted by atomic mass is 10.1. The van der Waals surface area contributed by atoms with E-state index in [0.717, 1.165) is 17.8 Å². The average molecular weight is 373 g/mol. The molecule has 0 aliphatic carbocycles. The minimum absolute atomic E-state index is 0.134. The summed E-state index contributed by atoms with van der Waals surface area (Å²) in [5, 5.41) is 0.692. The summed E-state index contributed by atoms with van der Waals surface area (Å²) in [7, 11) is -3.07. The summed E-state index contributed by atoms with van der Waals surface area (Å²) in [4.78, 5) is 4.09. The Morgan fingerprint density at radius 1 is 0.960 bits per heavy atom. The fraction of sp³-hybridized carbons (Fsp3) is 0.316. The van der Waals surface area contributed by atoms with Crippen molar-refractivity contribution in [3.8, 4) is 0 Å². The highest BCUT2D eigenvalue weighted by Crippen LogP contribution is 2.39. The first-order valence-electron chi connectivity index (χ1n) is 8.47. The molecule has 0 radical (unpaired) electrons. The largest absolute Gasteiger partial charge is 0.312 e. The number of sulfone groups is 1. The van der Waals surface area contributed by atoms with Gasteiger partial charge in [-0.25, -0.2) is 8.42 Å². The van der Waals surface area contributed by atoms with E-state index in [9.17, 15) is 8.42 Å². The lowest BCUT2D eigenvalue weighted by Crippen LogP contribution is -2.38. The maximum Gasteiger partial charge on any atom is 0.181 e. The first kappa shape index (κ1) is 16.5. The third-order valence-corrected chi connectivity index (χ3v) is 7.13. The molecule has 2 saturated heterocycles. The van der Waals surface area contributed by atoms with Gasteiger partial charge < -0.3 is 9.80 Å². The number of thiocarbonyl (C=S) groups is 1. The van der Waals surface area contributed by atoms with Gasteiger partial charge in [0.05, 0.1) is 23.6 Å². The number of nitrogens with zero attached hydrogens (tertiary/aromatic N) is 2. The van der Waals surface area contributed by atoms with Crippen molar-refractivity contribution in [3.63, 3.8) is 0 Å². The smallest absolute Gasteiger partial charge is 0.181 e. The molecule has 2 heterocycles. The predicted octanol–water partition coefficient (Wildman–Crippen LogP) is 3.03. The highest BCUT2D eigenvalue weighted by molar-refractivity contribution is 7.91. The van der Waals surface area contributed by atoms with E-state index in [4.69, 9.17) is 12.2 Å². The van der Waals surface area contributed by atoms with Gasteiger partial charge >= 0.3 is 0 Å². The van der Waals surface area contributed by atoms with E-state index in [-0.39, 0.29) is 23.6 Å². The Morgan fingerprint density at radius 2 is 1.56 bits per heavy atom. The first-order chi connectivity index (χ1) is 12.0. The second kappa shape index (κ2) is 6.11. The van der Waals surface area contributed by atoms with Gasteiger partial charge in [-0.2, -0.15) is 0 Å². The summed E-state index contributed by atoms with van der Waals surface area (Å²) in [6.07, 6.45) is 0.880. The molecule has 130 valence electrons. The van der Waals surface area contributed by atoms with Gasteiger partial charge in [0.25, 0.3) is 0 Å². The lowest BCUT2D eigenvalue weighted by Gasteiger charge is -2.27. The number of fused-ring (bicyclic) bond motifs is 1. The number of hydrogen-bond donors (Lipinski definition) is 0. The van der Waals surface area contributed by atoms with Crippen LogP contribution in [0.1, 0.15) is 12.5 Å². The van der Waals surface area contributed by atoms with Gasteiger partial charge in [0.15, 0.2) is 14.9 Å². The van der Waals surface area contributed by atoms with Crippen LogP contribution in [0.4, 0.5) is 11.4 Å². The Morgan fingerprint density at radius 3 is 2.24 bits per heavy atom. The summed E-state index contributed by atoms with van der Waals surface area (Å²) in [6, 6.07) is 17.7. The maximum atomic E-state index is 12.4. The molecule has 2 aromatic rings. The van der Waals surface area contributed by atoms with Crippen LogP contribution >= 0.6 is 12.2 Å². The number of rotatable bonds is 3. The molecular weight excluding hydrogens is 352 g/mol. The minimum atomic E-state index is -3.07. The lowest BCUT2D eigenvalue weighted by molar-refractivity contribution is 0.601. The van der Waals surface area contributed by atoms with Crippen LogP contribution < -0.4 is 9.80 Å². The molecule has 0 spiro atoms. The van der Waals surface area contributed by atoms with Gasteiger partial charge in [-0.1, -0.05) is 43.3 Å². The highest BCUT2D eigenvalue weighted by atomic mass is 32.2. The Labute approximate surface area is 154 Å². The third-order valence-electron chi connectivity index (χ3n) is 5.04. The normalized spacial score (nSPS) is 24.6. The van der Waals surface area contributed by atoms with Crippen LogP contribution in [-0.4, -0.2) is 37.1 Å². The molecule has 0 amide bonds. The fourth-order valence-corrected chi connectivity index (χ4v) is 6.31. The third kappa shape index (κ3) is 2.73. The van der Waals surface area contributed by atoms with E-state index in [0.29, 0.717) is 5.11 Å². The quantitative estimate of drug-likeness (QED) is 0.775. The van der Waals surface area contributed by atoms with Gasteiger partial charge in [-0.05, 0) is 42.4 Å². The molecule has 2 aromatic carbocycles. The molecule has 6 heteroatoms. The number of aryl methyl sites for hydroxylation is 1. The van der Waals surface area contributed by atoms with Crippen molar-refractivity contribution in [2.45, 2.75) is 25.4 Å². The summed E-state index contributed by atoms with van der Waals surface area (Å²) >= 11 is 5.82. The standard InChI is InChI=1S/C19H20N2O2S2/c1-2-14-8-6-7-11-16(14)21-18-13-25(22,23)12-17(18)20(19(21)24)15-9-4-3-5-10-15/h3-11,17-18H,2,12-13H2,1H3/t17-,18+/m0/s1. The molecule has 0 unspecified atom stereocenters. The fourth-order valence-electron chi connectivity index (χ4n) is 3.92. The van der Waals surface area contributed by atoms with Gasteiger partial charge in [-0.3, -0.25) is 0 Å². The molecule has 0 bridgehead atoms. The summed E-state index contributed by atoms with van der Waals surface area (Å²) in [5.74, 6) is 0.302. The monoisotopic (exact) mass is 372 g/mol. The first-order valence-corrected chi connectivity index (χ1v) is 10.7. The molecule has 2 aliphatic heterocycles. The van der Waals surface area contributed by atoms with E-state index in [1.807, 2.05) is 53.4 Å². The van der Waals surface area contributed by atoms with Crippen molar-refractivity contribution >= 4 is 38.5 Å². The number of para-hydroxylation sites is 2. The van der Waals surface area contributed by atoms with Crippen molar-refractivity contribution in [2.75, 3.05) is 21.3 Å². The minimum Gasteiger partial charge on any atom is -0.312 e. The summed E-state index contributed by atoms with van der Waals surface area (Å²) < 4.78 is 24.7. The molecule has 2 atom stereocenters. The average Bonchev–Trinajstić information content (AvgIpc) is 3.04. The summed E-state index contributed by atoms with van der Waals surface area (Å²) in [5.41, 5.74) is 3.17. The number of hydrogen-bond acceptors (Lipinski definition) is 3. The zero-order valence-corrected chi connectivity index (χ0v) is 15.6. The Balaban J connectivity index is 1.84.